The average Bonchev–Trinajstić information content (AvgIpc) is 3.26. The summed E-state index contributed by atoms with van der Waals surface area (Å²) in [6.07, 6.45) is 10.6. The summed E-state index contributed by atoms with van der Waals surface area (Å²) < 4.78 is 1.68. The number of carbonyl (C=O) groups is 1. The molecule has 2 atom stereocenters. The lowest BCUT2D eigenvalue weighted by molar-refractivity contribution is 0.0995. The quantitative estimate of drug-likeness (QED) is 0.340. The summed E-state index contributed by atoms with van der Waals surface area (Å²) in [6, 6.07) is 5.67. The lowest BCUT2D eigenvalue weighted by atomic mass is 9.91. The molecule has 3 heterocycles. The summed E-state index contributed by atoms with van der Waals surface area (Å²) in [6.45, 7) is 0. The maximum atomic E-state index is 12.0. The monoisotopic (exact) mass is 445 g/mol. The van der Waals surface area contributed by atoms with Gasteiger partial charge in [-0.25, -0.2) is 9.67 Å². The fraction of sp³-hybridized carbons (Fsp3) is 0.286. The first-order chi connectivity index (χ1) is 16.1. The zero-order valence-corrected chi connectivity index (χ0v) is 17.7. The molecule has 3 aromatic heterocycles. The summed E-state index contributed by atoms with van der Waals surface area (Å²) in [4.78, 5) is 24.9. The molecule has 1 fully saturated rings. The van der Waals surface area contributed by atoms with Crippen LogP contribution >= 0.6 is 0 Å². The van der Waals surface area contributed by atoms with E-state index in [9.17, 15) is 4.79 Å². The Hall–Kier alpha value is -4.19. The molecule has 5 rings (SSSR count). The number of rotatable bonds is 6. The van der Waals surface area contributed by atoms with E-state index in [1.165, 1.54) is 0 Å². The topological polar surface area (TPSA) is 175 Å². The minimum Gasteiger partial charge on any atom is -0.364 e. The molecule has 1 aliphatic rings. The van der Waals surface area contributed by atoms with Crippen LogP contribution in [0.4, 0.5) is 17.5 Å². The number of hydrogen-bond acceptors (Lipinski definition) is 10. The summed E-state index contributed by atoms with van der Waals surface area (Å²) >= 11 is 0. The van der Waals surface area contributed by atoms with E-state index < -0.39 is 5.91 Å². The van der Waals surface area contributed by atoms with Gasteiger partial charge in [-0.1, -0.05) is 18.9 Å². The number of primary amides is 1. The van der Waals surface area contributed by atoms with Gasteiger partial charge in [0.05, 0.1) is 23.6 Å². The Bertz CT molecular complexity index is 1290. The van der Waals surface area contributed by atoms with Crippen molar-refractivity contribution in [2.45, 2.75) is 37.8 Å². The van der Waals surface area contributed by atoms with Gasteiger partial charge in [-0.3, -0.25) is 9.78 Å². The van der Waals surface area contributed by atoms with Crippen LogP contribution in [0.1, 0.15) is 36.2 Å². The Morgan fingerprint density at radius 1 is 1.12 bits per heavy atom. The Kier molecular flexibility index (Phi) is 5.48. The van der Waals surface area contributed by atoms with Gasteiger partial charge in [0.2, 0.25) is 5.95 Å². The van der Waals surface area contributed by atoms with Gasteiger partial charge in [0.15, 0.2) is 17.3 Å². The molecule has 12 heteroatoms. The zero-order chi connectivity index (χ0) is 22.8. The SMILES string of the molecule is NC(=O)c1nnc(N[C@@H]2CCCC[C@@H]2N)nc1Nc1cccc2c1cnn2-c1cnccn1. The van der Waals surface area contributed by atoms with E-state index in [4.69, 9.17) is 11.5 Å². The minimum absolute atomic E-state index is 0.00949. The van der Waals surface area contributed by atoms with Crippen molar-refractivity contribution in [3.05, 3.63) is 48.7 Å². The van der Waals surface area contributed by atoms with Crippen molar-refractivity contribution in [2.75, 3.05) is 10.6 Å². The molecular weight excluding hydrogens is 422 g/mol. The number of benzene rings is 1. The molecule has 0 radical (unpaired) electrons. The standard InChI is InChI=1S/C21H23N11O/c22-13-4-1-2-5-15(13)28-21-29-20(18(19(23)33)30-31-21)27-14-6-3-7-16-12(14)10-26-32(16)17-11-24-8-9-25-17/h3,6-11,13,15H,1-2,4-5,22H2,(H2,23,33)(H2,27,28,29,31)/t13-,15+/m0/s1. The van der Waals surface area contributed by atoms with Crippen molar-refractivity contribution >= 4 is 34.3 Å². The van der Waals surface area contributed by atoms with Crippen LogP contribution in [0.5, 0.6) is 0 Å². The first-order valence-electron chi connectivity index (χ1n) is 10.7. The molecule has 0 spiro atoms. The molecular formula is C21H23N11O. The highest BCUT2D eigenvalue weighted by Gasteiger charge is 2.24. The van der Waals surface area contributed by atoms with Crippen molar-refractivity contribution in [1.82, 2.24) is 34.9 Å². The maximum absolute atomic E-state index is 12.0. The normalized spacial score (nSPS) is 18.2. The molecule has 0 saturated heterocycles. The van der Waals surface area contributed by atoms with E-state index in [0.717, 1.165) is 36.6 Å². The van der Waals surface area contributed by atoms with Gasteiger partial charge in [0, 0.05) is 29.9 Å². The van der Waals surface area contributed by atoms with Crippen molar-refractivity contribution in [3.63, 3.8) is 0 Å². The van der Waals surface area contributed by atoms with Gasteiger partial charge < -0.3 is 22.1 Å². The molecule has 1 aromatic carbocycles. The minimum atomic E-state index is -0.735. The first-order valence-corrected chi connectivity index (χ1v) is 10.7. The molecule has 1 amide bonds. The molecule has 6 N–H and O–H groups in total. The van der Waals surface area contributed by atoms with Crippen molar-refractivity contribution < 1.29 is 4.79 Å². The highest BCUT2D eigenvalue weighted by molar-refractivity contribution is 5.99. The summed E-state index contributed by atoms with van der Waals surface area (Å²) in [5.74, 6) is 0.332. The van der Waals surface area contributed by atoms with Crippen molar-refractivity contribution in [1.29, 1.82) is 0 Å². The van der Waals surface area contributed by atoms with Crippen LogP contribution in [0.25, 0.3) is 16.7 Å². The summed E-state index contributed by atoms with van der Waals surface area (Å²) in [5, 5.41) is 19.7. The fourth-order valence-electron chi connectivity index (χ4n) is 4.02. The maximum Gasteiger partial charge on any atom is 0.273 e. The number of amides is 1. The second kappa shape index (κ2) is 8.74. The molecule has 1 saturated carbocycles. The number of hydrogen-bond donors (Lipinski definition) is 4. The number of carbonyl (C=O) groups excluding carboxylic acids is 1. The lowest BCUT2D eigenvalue weighted by Crippen LogP contribution is -2.43. The van der Waals surface area contributed by atoms with Crippen LogP contribution in [0.3, 0.4) is 0 Å². The van der Waals surface area contributed by atoms with Crippen LogP contribution < -0.4 is 22.1 Å². The smallest absolute Gasteiger partial charge is 0.273 e. The first kappa shape index (κ1) is 20.7. The fourth-order valence-corrected chi connectivity index (χ4v) is 4.02. The van der Waals surface area contributed by atoms with Gasteiger partial charge in [-0.2, -0.15) is 10.1 Å². The Morgan fingerprint density at radius 3 is 2.79 bits per heavy atom. The van der Waals surface area contributed by atoms with E-state index in [-0.39, 0.29) is 29.5 Å². The number of nitrogens with one attached hydrogen (secondary N) is 2. The van der Waals surface area contributed by atoms with Crippen LogP contribution in [0, 0.1) is 0 Å². The zero-order valence-electron chi connectivity index (χ0n) is 17.7. The predicted octanol–water partition coefficient (Wildman–Crippen LogP) is 1.52. The molecule has 4 aromatic rings. The third kappa shape index (κ3) is 4.15. The molecule has 1 aliphatic carbocycles. The van der Waals surface area contributed by atoms with Crippen molar-refractivity contribution in [2.24, 2.45) is 11.5 Å². The lowest BCUT2D eigenvalue weighted by Gasteiger charge is -2.29. The number of nitrogens with two attached hydrogens (primary N) is 2. The number of aromatic nitrogens is 7. The average molecular weight is 445 g/mol. The van der Waals surface area contributed by atoms with E-state index >= 15 is 0 Å². The van der Waals surface area contributed by atoms with Crippen LogP contribution in [0.15, 0.2) is 43.0 Å². The second-order valence-corrected chi connectivity index (χ2v) is 7.88. The van der Waals surface area contributed by atoms with E-state index in [0.29, 0.717) is 11.5 Å². The summed E-state index contributed by atoms with van der Waals surface area (Å²) in [5.41, 5.74) is 13.2. The molecule has 33 heavy (non-hydrogen) atoms. The van der Waals surface area contributed by atoms with E-state index in [1.807, 2.05) is 18.2 Å². The highest BCUT2D eigenvalue weighted by atomic mass is 16.1. The molecule has 168 valence electrons. The van der Waals surface area contributed by atoms with E-state index in [2.05, 4.69) is 40.9 Å². The Balaban J connectivity index is 1.49. The number of anilines is 3. The third-order valence-corrected chi connectivity index (χ3v) is 5.69. The highest BCUT2D eigenvalue weighted by Crippen LogP contribution is 2.28. The third-order valence-electron chi connectivity index (χ3n) is 5.69. The summed E-state index contributed by atoms with van der Waals surface area (Å²) in [7, 11) is 0. The van der Waals surface area contributed by atoms with Crippen molar-refractivity contribution in [3.8, 4) is 5.82 Å². The second-order valence-electron chi connectivity index (χ2n) is 7.88. The predicted molar refractivity (Wildman–Crippen MR) is 122 cm³/mol. The molecule has 0 aliphatic heterocycles. The number of nitrogens with zero attached hydrogens (tertiary/aromatic N) is 7. The van der Waals surface area contributed by atoms with Crippen LogP contribution in [0.2, 0.25) is 0 Å². The number of fused-ring (bicyclic) bond motifs is 1. The van der Waals surface area contributed by atoms with Crippen LogP contribution in [-0.2, 0) is 0 Å². The molecule has 12 nitrogen and oxygen atoms in total. The van der Waals surface area contributed by atoms with Gasteiger partial charge in [-0.15, -0.1) is 10.2 Å². The van der Waals surface area contributed by atoms with Gasteiger partial charge >= 0.3 is 0 Å². The van der Waals surface area contributed by atoms with Crippen LogP contribution in [-0.4, -0.2) is 52.9 Å². The van der Waals surface area contributed by atoms with Gasteiger partial charge in [0.1, 0.15) is 0 Å². The van der Waals surface area contributed by atoms with Gasteiger partial charge in [0.25, 0.3) is 5.91 Å². The molecule has 0 unspecified atom stereocenters. The Labute approximate surface area is 188 Å². The Morgan fingerprint density at radius 2 is 2.00 bits per heavy atom. The largest absolute Gasteiger partial charge is 0.364 e. The molecule has 0 bridgehead atoms. The van der Waals surface area contributed by atoms with Gasteiger partial charge in [-0.05, 0) is 25.0 Å². The van der Waals surface area contributed by atoms with E-state index in [1.54, 1.807) is 29.5 Å².